The van der Waals surface area contributed by atoms with Crippen LogP contribution in [-0.2, 0) is 16.0 Å². The van der Waals surface area contributed by atoms with Crippen LogP contribution in [0.5, 0.6) is 5.75 Å². The van der Waals surface area contributed by atoms with E-state index in [1.54, 1.807) is 6.92 Å². The fourth-order valence-electron chi connectivity index (χ4n) is 4.72. The summed E-state index contributed by atoms with van der Waals surface area (Å²) in [5.74, 6) is 0.841. The van der Waals surface area contributed by atoms with Gasteiger partial charge in [0.15, 0.2) is 6.10 Å². The van der Waals surface area contributed by atoms with Crippen molar-refractivity contribution in [3.63, 3.8) is 0 Å². The van der Waals surface area contributed by atoms with Gasteiger partial charge in [0.05, 0.1) is 6.04 Å². The van der Waals surface area contributed by atoms with E-state index in [0.29, 0.717) is 5.75 Å². The predicted molar refractivity (Wildman–Crippen MR) is 138 cm³/mol. The Labute approximate surface area is 207 Å². The fourth-order valence-corrected chi connectivity index (χ4v) is 4.72. The number of benzene rings is 3. The summed E-state index contributed by atoms with van der Waals surface area (Å²) >= 11 is 0. The summed E-state index contributed by atoms with van der Waals surface area (Å²) in [7, 11) is 0. The topological polar surface area (TPSA) is 58.6 Å². The molecule has 5 nitrogen and oxygen atoms in total. The van der Waals surface area contributed by atoms with Gasteiger partial charge in [0, 0.05) is 18.2 Å². The molecule has 0 aromatic heterocycles. The van der Waals surface area contributed by atoms with Crippen molar-refractivity contribution in [1.29, 1.82) is 0 Å². The molecule has 3 aromatic carbocycles. The maximum atomic E-state index is 13.2. The number of hydrogen-bond acceptors (Lipinski definition) is 3. The lowest BCUT2D eigenvalue weighted by atomic mass is 9.87. The van der Waals surface area contributed by atoms with E-state index in [9.17, 15) is 9.59 Å². The summed E-state index contributed by atoms with van der Waals surface area (Å²) in [6.45, 7) is 6.55. The summed E-state index contributed by atoms with van der Waals surface area (Å²) in [5, 5.41) is 2.92. The molecule has 1 fully saturated rings. The van der Waals surface area contributed by atoms with E-state index < -0.39 is 6.10 Å². The summed E-state index contributed by atoms with van der Waals surface area (Å²) in [6, 6.07) is 22.0. The molecule has 2 aliphatic rings. The largest absolute Gasteiger partial charge is 0.481 e. The average molecular weight is 469 g/mol. The van der Waals surface area contributed by atoms with Gasteiger partial charge >= 0.3 is 0 Å². The normalized spacial score (nSPS) is 17.9. The molecule has 1 heterocycles. The number of aryl methyl sites for hydroxylation is 2. The third-order valence-electron chi connectivity index (χ3n) is 6.95. The Bertz CT molecular complexity index is 1230. The van der Waals surface area contributed by atoms with Gasteiger partial charge in [-0.25, -0.2) is 0 Å². The van der Waals surface area contributed by atoms with Crippen molar-refractivity contribution in [2.75, 3.05) is 11.9 Å². The summed E-state index contributed by atoms with van der Waals surface area (Å²) in [4.78, 5) is 28.0. The highest BCUT2D eigenvalue weighted by Gasteiger charge is 2.39. The molecule has 0 saturated heterocycles. The number of nitrogens with one attached hydrogen (secondary N) is 1. The molecule has 180 valence electrons. The fraction of sp³-hybridized carbons (Fsp3) is 0.333. The Morgan fingerprint density at radius 1 is 0.943 bits per heavy atom. The molecule has 1 N–H and O–H groups in total. The van der Waals surface area contributed by atoms with Crippen LogP contribution in [0, 0.1) is 19.8 Å². The zero-order valence-corrected chi connectivity index (χ0v) is 20.6. The minimum atomic E-state index is -0.667. The van der Waals surface area contributed by atoms with Crippen LogP contribution in [0.3, 0.4) is 0 Å². The minimum Gasteiger partial charge on any atom is -0.481 e. The van der Waals surface area contributed by atoms with Crippen molar-refractivity contribution in [3.05, 3.63) is 94.5 Å². The molecule has 3 aromatic rings. The Morgan fingerprint density at radius 3 is 2.26 bits per heavy atom. The third-order valence-corrected chi connectivity index (χ3v) is 6.95. The van der Waals surface area contributed by atoms with Crippen molar-refractivity contribution >= 4 is 17.5 Å². The number of carbonyl (C=O) groups excluding carboxylic acids is 2. The van der Waals surface area contributed by atoms with Crippen molar-refractivity contribution in [2.24, 2.45) is 5.92 Å². The lowest BCUT2D eigenvalue weighted by Crippen LogP contribution is -2.41. The van der Waals surface area contributed by atoms with E-state index in [-0.39, 0.29) is 23.8 Å². The molecule has 0 spiro atoms. The maximum Gasteiger partial charge on any atom is 0.265 e. The Balaban J connectivity index is 1.40. The second-order valence-electron chi connectivity index (χ2n) is 9.85. The molecule has 1 aliphatic carbocycles. The van der Waals surface area contributed by atoms with Gasteiger partial charge in [0.1, 0.15) is 5.75 Å². The molecule has 0 bridgehead atoms. The van der Waals surface area contributed by atoms with E-state index in [1.807, 2.05) is 48.2 Å². The first-order valence-electron chi connectivity index (χ1n) is 12.4. The maximum absolute atomic E-state index is 13.2. The Kier molecular flexibility index (Phi) is 6.33. The van der Waals surface area contributed by atoms with Gasteiger partial charge in [-0.05, 0) is 81.0 Å². The van der Waals surface area contributed by atoms with Crippen LogP contribution in [0.25, 0.3) is 0 Å². The van der Waals surface area contributed by atoms with Crippen molar-refractivity contribution in [1.82, 2.24) is 4.90 Å². The first-order valence-corrected chi connectivity index (χ1v) is 12.4. The number of amides is 2. The number of fused-ring (bicyclic) bond motifs is 1. The molecular formula is C30H32N2O3. The number of ether oxygens (including phenoxy) is 1. The smallest absolute Gasteiger partial charge is 0.265 e. The lowest BCUT2D eigenvalue weighted by molar-refractivity contribution is -0.134. The molecule has 1 saturated carbocycles. The second kappa shape index (κ2) is 9.57. The van der Waals surface area contributed by atoms with E-state index >= 15 is 0 Å². The van der Waals surface area contributed by atoms with Gasteiger partial charge in [-0.2, -0.15) is 0 Å². The molecule has 1 aliphatic heterocycles. The second-order valence-corrected chi connectivity index (χ2v) is 9.85. The zero-order chi connectivity index (χ0) is 24.5. The molecule has 5 rings (SSSR count). The monoisotopic (exact) mass is 468 g/mol. The summed E-state index contributed by atoms with van der Waals surface area (Å²) < 4.78 is 6.08. The highest BCUT2D eigenvalue weighted by Crippen LogP contribution is 2.41. The van der Waals surface area contributed by atoms with Crippen LogP contribution in [0.4, 0.5) is 5.69 Å². The average Bonchev–Trinajstić information content (AvgIpc) is 3.70. The van der Waals surface area contributed by atoms with Gasteiger partial charge < -0.3 is 15.0 Å². The van der Waals surface area contributed by atoms with Crippen LogP contribution in [0.2, 0.25) is 0 Å². The zero-order valence-electron chi connectivity index (χ0n) is 20.6. The molecule has 35 heavy (non-hydrogen) atoms. The van der Waals surface area contributed by atoms with Crippen LogP contribution in [0.15, 0.2) is 66.7 Å². The van der Waals surface area contributed by atoms with E-state index in [4.69, 9.17) is 4.74 Å². The number of hydrogen-bond donors (Lipinski definition) is 1. The van der Waals surface area contributed by atoms with E-state index in [1.165, 1.54) is 11.1 Å². The molecule has 2 atom stereocenters. The SMILES string of the molecule is Cc1ccc(NC(=O)[C@@H](C)Oc2ccc3c(c2)[C@H](c2ccc(C)cc2)N(C(=O)C2CC2)CC3)cc1. The van der Waals surface area contributed by atoms with Crippen LogP contribution >= 0.6 is 0 Å². The van der Waals surface area contributed by atoms with Gasteiger partial charge in [-0.3, -0.25) is 9.59 Å². The van der Waals surface area contributed by atoms with Crippen molar-refractivity contribution in [3.8, 4) is 5.75 Å². The molecule has 0 unspecified atom stereocenters. The number of nitrogens with zero attached hydrogens (tertiary/aromatic N) is 1. The first-order chi connectivity index (χ1) is 16.9. The van der Waals surface area contributed by atoms with Gasteiger partial charge in [-0.1, -0.05) is 53.6 Å². The van der Waals surface area contributed by atoms with Crippen molar-refractivity contribution < 1.29 is 14.3 Å². The first kappa shape index (κ1) is 23.2. The van der Waals surface area contributed by atoms with Gasteiger partial charge in [0.25, 0.3) is 5.91 Å². The van der Waals surface area contributed by atoms with Crippen LogP contribution in [0.1, 0.15) is 53.6 Å². The van der Waals surface area contributed by atoms with Gasteiger partial charge in [-0.15, -0.1) is 0 Å². The summed E-state index contributed by atoms with van der Waals surface area (Å²) in [6.07, 6.45) is 2.12. The van der Waals surface area contributed by atoms with E-state index in [0.717, 1.165) is 48.2 Å². The van der Waals surface area contributed by atoms with Crippen molar-refractivity contribution in [2.45, 2.75) is 52.2 Å². The molecule has 2 amide bonds. The third kappa shape index (κ3) is 5.09. The Hall–Kier alpha value is -3.60. The lowest BCUT2D eigenvalue weighted by Gasteiger charge is -2.38. The molecule has 0 radical (unpaired) electrons. The standard InChI is InChI=1S/C30H32N2O3/c1-19-4-8-23(9-5-19)28-27-18-26(15-12-22(27)16-17-32(28)30(34)24-10-11-24)35-21(3)29(33)31-25-13-6-20(2)7-14-25/h4-9,12-15,18,21,24,28H,10-11,16-17H2,1-3H3,(H,31,33)/t21-,28+/m1/s1. The summed E-state index contributed by atoms with van der Waals surface area (Å²) in [5.41, 5.74) is 6.48. The molecular weight excluding hydrogens is 436 g/mol. The highest BCUT2D eigenvalue weighted by atomic mass is 16.5. The minimum absolute atomic E-state index is 0.146. The number of carbonyl (C=O) groups is 2. The Morgan fingerprint density at radius 2 is 1.60 bits per heavy atom. The molecule has 5 heteroatoms. The number of anilines is 1. The van der Waals surface area contributed by atoms with E-state index in [2.05, 4.69) is 42.6 Å². The predicted octanol–water partition coefficient (Wildman–Crippen LogP) is 5.59. The van der Waals surface area contributed by atoms with Crippen LogP contribution in [-0.4, -0.2) is 29.4 Å². The highest BCUT2D eigenvalue weighted by molar-refractivity contribution is 5.94. The van der Waals surface area contributed by atoms with Gasteiger partial charge in [0.2, 0.25) is 5.91 Å². The van der Waals surface area contributed by atoms with Crippen LogP contribution < -0.4 is 10.1 Å². The quantitative estimate of drug-likeness (QED) is 0.513. The number of rotatable bonds is 6.